The van der Waals surface area contributed by atoms with Gasteiger partial charge in [-0.25, -0.2) is 0 Å². The van der Waals surface area contributed by atoms with Crippen molar-refractivity contribution < 1.29 is 19.4 Å². The molecule has 220 valence electrons. The summed E-state index contributed by atoms with van der Waals surface area (Å²) < 4.78 is 11.1. The molecule has 0 atom stereocenters. The summed E-state index contributed by atoms with van der Waals surface area (Å²) >= 11 is 0. The Labute approximate surface area is 240 Å². The molecule has 3 fully saturated rings. The number of hydrogen-bond acceptors (Lipinski definition) is 6. The Kier molecular flexibility index (Phi) is 10.3. The topological polar surface area (TPSA) is 75.1 Å². The molecule has 40 heavy (non-hydrogen) atoms. The van der Waals surface area contributed by atoms with Crippen LogP contribution in [0.25, 0.3) is 10.9 Å². The molecule has 1 aromatic heterocycles. The van der Waals surface area contributed by atoms with Gasteiger partial charge in [0.2, 0.25) is 0 Å². The van der Waals surface area contributed by atoms with Gasteiger partial charge in [0.1, 0.15) is 5.75 Å². The molecule has 0 spiro atoms. The Hall–Kier alpha value is -2.22. The molecular formula is C33H49N3O4. The summed E-state index contributed by atoms with van der Waals surface area (Å²) in [5, 5.41) is 11.0. The molecule has 1 aliphatic carbocycles. The van der Waals surface area contributed by atoms with E-state index in [1.165, 1.54) is 56.2 Å². The lowest BCUT2D eigenvalue weighted by molar-refractivity contribution is -0.140. The van der Waals surface area contributed by atoms with Crippen LogP contribution in [0.5, 0.6) is 5.75 Å². The molecule has 2 saturated heterocycles. The predicted octanol–water partition coefficient (Wildman–Crippen LogP) is 5.93. The second-order valence-corrected chi connectivity index (χ2v) is 12.6. The summed E-state index contributed by atoms with van der Waals surface area (Å²) in [6.45, 7) is 7.57. The maximum absolute atomic E-state index is 12.0. The van der Waals surface area contributed by atoms with Crippen LogP contribution in [-0.4, -0.2) is 78.9 Å². The highest BCUT2D eigenvalue weighted by Crippen LogP contribution is 2.41. The Morgan fingerprint density at radius 2 is 1.88 bits per heavy atom. The molecule has 5 rings (SSSR count). The van der Waals surface area contributed by atoms with Crippen LogP contribution in [0.2, 0.25) is 0 Å². The number of carboxylic acids is 1. The standard InChI is InChI=1S/C33H49N3O4/c1-39-28-9-10-31-30(22-28)29(27(24-34-31)25-36-18-20-40-21-19-36)8-5-12-33(23-32(37)38)13-16-35(17-14-33)15-11-26-6-3-2-4-7-26/h9-10,22,24,26H,2-8,11-21,23,25H2,1H3,(H,37,38). The highest BCUT2D eigenvalue weighted by molar-refractivity contribution is 5.84. The van der Waals surface area contributed by atoms with E-state index < -0.39 is 5.97 Å². The number of carboxylic acid groups (broad SMARTS) is 1. The minimum atomic E-state index is -0.650. The zero-order valence-corrected chi connectivity index (χ0v) is 24.5. The van der Waals surface area contributed by atoms with Crippen LogP contribution in [0, 0.1) is 11.3 Å². The number of ether oxygens (including phenoxy) is 2. The number of benzene rings is 1. The van der Waals surface area contributed by atoms with Crippen LogP contribution in [0.4, 0.5) is 0 Å². The number of nitrogens with zero attached hydrogens (tertiary/aromatic N) is 3. The maximum atomic E-state index is 12.0. The van der Waals surface area contributed by atoms with E-state index in [-0.39, 0.29) is 11.8 Å². The third kappa shape index (κ3) is 7.74. The van der Waals surface area contributed by atoms with E-state index in [1.54, 1.807) is 7.11 Å². The van der Waals surface area contributed by atoms with Gasteiger partial charge in [-0.15, -0.1) is 0 Å². The van der Waals surface area contributed by atoms with Crippen molar-refractivity contribution in [3.8, 4) is 5.75 Å². The zero-order chi connectivity index (χ0) is 27.8. The third-order valence-corrected chi connectivity index (χ3v) is 9.93. The van der Waals surface area contributed by atoms with Gasteiger partial charge < -0.3 is 19.5 Å². The molecule has 1 N–H and O–H groups in total. The van der Waals surface area contributed by atoms with Gasteiger partial charge >= 0.3 is 5.97 Å². The van der Waals surface area contributed by atoms with E-state index in [2.05, 4.69) is 22.1 Å². The van der Waals surface area contributed by atoms with Gasteiger partial charge in [-0.1, -0.05) is 32.1 Å². The van der Waals surface area contributed by atoms with Crippen molar-refractivity contribution in [2.24, 2.45) is 11.3 Å². The molecule has 3 heterocycles. The van der Waals surface area contributed by atoms with Crippen LogP contribution >= 0.6 is 0 Å². The lowest BCUT2D eigenvalue weighted by atomic mass is 9.71. The molecule has 3 aliphatic rings. The highest BCUT2D eigenvalue weighted by Gasteiger charge is 2.36. The summed E-state index contributed by atoms with van der Waals surface area (Å²) in [6, 6.07) is 6.15. The first-order valence-electron chi connectivity index (χ1n) is 15.7. The summed E-state index contributed by atoms with van der Waals surface area (Å²) in [6.07, 6.45) is 15.5. The molecule has 0 bridgehead atoms. The minimum Gasteiger partial charge on any atom is -0.497 e. The summed E-state index contributed by atoms with van der Waals surface area (Å²) in [5.41, 5.74) is 3.50. The minimum absolute atomic E-state index is 0.0991. The smallest absolute Gasteiger partial charge is 0.303 e. The highest BCUT2D eigenvalue weighted by atomic mass is 16.5. The average Bonchev–Trinajstić information content (AvgIpc) is 2.98. The number of carbonyl (C=O) groups is 1. The lowest BCUT2D eigenvalue weighted by Crippen LogP contribution is -2.42. The van der Waals surface area contributed by atoms with Crippen molar-refractivity contribution in [2.45, 2.75) is 83.6 Å². The number of aromatic nitrogens is 1. The van der Waals surface area contributed by atoms with Crippen LogP contribution < -0.4 is 4.74 Å². The van der Waals surface area contributed by atoms with Crippen LogP contribution in [0.3, 0.4) is 0 Å². The number of piperidine rings is 1. The number of fused-ring (bicyclic) bond motifs is 1. The first-order valence-corrected chi connectivity index (χ1v) is 15.7. The first-order chi connectivity index (χ1) is 19.5. The van der Waals surface area contributed by atoms with Crippen molar-refractivity contribution in [3.63, 3.8) is 0 Å². The fourth-order valence-corrected chi connectivity index (χ4v) is 7.39. The third-order valence-electron chi connectivity index (χ3n) is 9.93. The first kappa shape index (κ1) is 29.3. The van der Waals surface area contributed by atoms with Crippen molar-refractivity contribution >= 4 is 16.9 Å². The van der Waals surface area contributed by atoms with Gasteiger partial charge in [-0.05, 0) is 98.8 Å². The molecule has 0 amide bonds. The second kappa shape index (κ2) is 14.1. The maximum Gasteiger partial charge on any atom is 0.303 e. The number of rotatable bonds is 12. The lowest BCUT2D eigenvalue weighted by Gasteiger charge is -2.42. The van der Waals surface area contributed by atoms with Crippen LogP contribution in [-0.2, 0) is 22.5 Å². The van der Waals surface area contributed by atoms with E-state index >= 15 is 0 Å². The average molecular weight is 552 g/mol. The monoisotopic (exact) mass is 551 g/mol. The molecular weight excluding hydrogens is 502 g/mol. The zero-order valence-electron chi connectivity index (χ0n) is 24.5. The molecule has 0 unspecified atom stereocenters. The molecule has 7 heteroatoms. The van der Waals surface area contributed by atoms with Gasteiger partial charge in [0.05, 0.1) is 32.3 Å². The van der Waals surface area contributed by atoms with Gasteiger partial charge in [0.25, 0.3) is 0 Å². The number of aryl methyl sites for hydroxylation is 1. The summed E-state index contributed by atoms with van der Waals surface area (Å²) in [7, 11) is 1.71. The second-order valence-electron chi connectivity index (χ2n) is 12.6. The number of morpholine rings is 1. The number of aliphatic carboxylic acids is 1. The van der Waals surface area contributed by atoms with E-state index in [0.29, 0.717) is 0 Å². The van der Waals surface area contributed by atoms with Crippen molar-refractivity contribution in [2.75, 3.05) is 53.0 Å². The van der Waals surface area contributed by atoms with Gasteiger partial charge in [0.15, 0.2) is 0 Å². The van der Waals surface area contributed by atoms with E-state index in [0.717, 1.165) is 101 Å². The Bertz CT molecular complexity index is 1100. The summed E-state index contributed by atoms with van der Waals surface area (Å²) in [4.78, 5) is 21.8. The quantitative estimate of drug-likeness (QED) is 0.351. The van der Waals surface area contributed by atoms with Crippen molar-refractivity contribution in [1.29, 1.82) is 0 Å². The fraction of sp³-hybridized carbons (Fsp3) is 0.697. The number of hydrogen-bond donors (Lipinski definition) is 1. The molecule has 0 radical (unpaired) electrons. The van der Waals surface area contributed by atoms with Crippen molar-refractivity contribution in [1.82, 2.24) is 14.8 Å². The van der Waals surface area contributed by atoms with E-state index in [1.807, 2.05) is 12.1 Å². The Balaban J connectivity index is 1.25. The molecule has 1 aromatic carbocycles. The predicted molar refractivity (Wildman–Crippen MR) is 159 cm³/mol. The molecule has 7 nitrogen and oxygen atoms in total. The SMILES string of the molecule is COc1ccc2ncc(CN3CCOCC3)c(CCCC3(CC(=O)O)CCN(CCC4CCCCC4)CC3)c2c1. The van der Waals surface area contributed by atoms with Crippen LogP contribution in [0.1, 0.15) is 81.8 Å². The van der Waals surface area contributed by atoms with Crippen LogP contribution in [0.15, 0.2) is 24.4 Å². The molecule has 1 saturated carbocycles. The van der Waals surface area contributed by atoms with Gasteiger partial charge in [0, 0.05) is 31.2 Å². The Morgan fingerprint density at radius 3 is 2.60 bits per heavy atom. The number of methoxy groups -OCH3 is 1. The number of likely N-dealkylation sites (tertiary alicyclic amines) is 1. The fourth-order valence-electron chi connectivity index (χ4n) is 7.39. The largest absolute Gasteiger partial charge is 0.497 e. The summed E-state index contributed by atoms with van der Waals surface area (Å²) in [5.74, 6) is 1.10. The molecule has 2 aliphatic heterocycles. The van der Waals surface area contributed by atoms with Gasteiger partial charge in [-0.2, -0.15) is 0 Å². The van der Waals surface area contributed by atoms with E-state index in [4.69, 9.17) is 14.5 Å². The number of pyridine rings is 1. The molecule has 2 aromatic rings. The van der Waals surface area contributed by atoms with E-state index in [9.17, 15) is 9.90 Å². The van der Waals surface area contributed by atoms with Gasteiger partial charge in [-0.3, -0.25) is 14.7 Å². The normalized spacial score (nSPS) is 21.0. The van der Waals surface area contributed by atoms with Crippen molar-refractivity contribution in [3.05, 3.63) is 35.5 Å². The Morgan fingerprint density at radius 1 is 1.10 bits per heavy atom.